The number of likely N-dealkylation sites (tertiary alicyclic amines) is 1. The van der Waals surface area contributed by atoms with E-state index < -0.39 is 28.8 Å². The van der Waals surface area contributed by atoms with Gasteiger partial charge in [0.2, 0.25) is 5.91 Å². The molecule has 168 valence electrons. The second-order valence-electron chi connectivity index (χ2n) is 10.5. The molecule has 0 spiro atoms. The molecule has 2 N–H and O–H groups in total. The Kier molecular flexibility index (Phi) is 6.07. The Morgan fingerprint density at radius 3 is 2.32 bits per heavy atom. The van der Waals surface area contributed by atoms with Crippen LogP contribution >= 0.6 is 0 Å². The lowest BCUT2D eigenvalue weighted by Gasteiger charge is -2.34. The zero-order valence-electron chi connectivity index (χ0n) is 19.4. The summed E-state index contributed by atoms with van der Waals surface area (Å²) in [6, 6.07) is 13.1. The molecule has 0 aliphatic carbocycles. The van der Waals surface area contributed by atoms with E-state index in [0.717, 1.165) is 16.3 Å². The van der Waals surface area contributed by atoms with E-state index in [2.05, 4.69) is 5.32 Å². The molecule has 1 saturated heterocycles. The van der Waals surface area contributed by atoms with Gasteiger partial charge in [-0.3, -0.25) is 4.79 Å². The van der Waals surface area contributed by atoms with Gasteiger partial charge in [-0.1, -0.05) is 57.2 Å². The summed E-state index contributed by atoms with van der Waals surface area (Å²) in [6.07, 6.45) is -0.176. The van der Waals surface area contributed by atoms with Crippen molar-refractivity contribution in [2.75, 3.05) is 13.1 Å². The molecule has 6 heteroatoms. The first-order chi connectivity index (χ1) is 14.3. The van der Waals surface area contributed by atoms with Gasteiger partial charge in [-0.2, -0.15) is 0 Å². The summed E-state index contributed by atoms with van der Waals surface area (Å²) in [4.78, 5) is 27.4. The maximum Gasteiger partial charge on any atom is 0.408 e. The van der Waals surface area contributed by atoms with Gasteiger partial charge in [0, 0.05) is 6.54 Å². The van der Waals surface area contributed by atoms with Gasteiger partial charge in [0.05, 0.1) is 6.54 Å². The molecule has 0 radical (unpaired) electrons. The number of alkyl carbamates (subject to hydrolysis) is 1. The van der Waals surface area contributed by atoms with Crippen LogP contribution in [0.25, 0.3) is 10.8 Å². The first kappa shape index (κ1) is 23.1. The number of hydrogen-bond donors (Lipinski definition) is 2. The predicted octanol–water partition coefficient (Wildman–Crippen LogP) is 4.20. The predicted molar refractivity (Wildman–Crippen MR) is 122 cm³/mol. The molecule has 2 atom stereocenters. The van der Waals surface area contributed by atoms with Crippen LogP contribution in [-0.2, 0) is 15.1 Å². The number of carbonyl (C=O) groups excluding carboxylic acids is 2. The molecule has 31 heavy (non-hydrogen) atoms. The van der Waals surface area contributed by atoms with Crippen molar-refractivity contribution < 1.29 is 19.4 Å². The standard InChI is InChI=1S/C25H34N2O4/c1-23(2,3)20(26-22(29)31-24(4,5)6)21(28)27-14-13-25(30,16-27)19-12-11-17-9-7-8-10-18(17)15-19/h7-12,15,20,30H,13-14,16H2,1-6H3,(H,26,29)/t20?,25-/m0/s1. The van der Waals surface area contributed by atoms with Crippen LogP contribution in [0.3, 0.4) is 0 Å². The van der Waals surface area contributed by atoms with E-state index in [4.69, 9.17) is 4.74 Å². The molecule has 0 saturated carbocycles. The fraction of sp³-hybridized carbons (Fsp3) is 0.520. The van der Waals surface area contributed by atoms with Crippen molar-refractivity contribution in [1.82, 2.24) is 10.2 Å². The Labute approximate surface area is 184 Å². The largest absolute Gasteiger partial charge is 0.444 e. The number of hydrogen-bond acceptors (Lipinski definition) is 4. The number of rotatable bonds is 3. The highest BCUT2D eigenvalue weighted by atomic mass is 16.6. The summed E-state index contributed by atoms with van der Waals surface area (Å²) in [5.74, 6) is -0.213. The number of nitrogens with zero attached hydrogens (tertiary/aromatic N) is 1. The molecular weight excluding hydrogens is 392 g/mol. The van der Waals surface area contributed by atoms with E-state index in [1.807, 2.05) is 63.2 Å². The normalized spacial score (nSPS) is 20.5. The van der Waals surface area contributed by atoms with Crippen molar-refractivity contribution in [3.8, 4) is 0 Å². The minimum Gasteiger partial charge on any atom is -0.444 e. The molecule has 0 aromatic heterocycles. The molecule has 2 amide bonds. The summed E-state index contributed by atoms with van der Waals surface area (Å²) in [6.45, 7) is 11.7. The van der Waals surface area contributed by atoms with Gasteiger partial charge in [0.1, 0.15) is 17.2 Å². The van der Waals surface area contributed by atoms with Crippen molar-refractivity contribution in [2.24, 2.45) is 5.41 Å². The van der Waals surface area contributed by atoms with E-state index >= 15 is 0 Å². The molecular formula is C25H34N2O4. The molecule has 1 unspecified atom stereocenters. The van der Waals surface area contributed by atoms with Crippen molar-refractivity contribution in [2.45, 2.75) is 65.2 Å². The van der Waals surface area contributed by atoms with E-state index in [1.54, 1.807) is 25.7 Å². The molecule has 1 aliphatic rings. The fourth-order valence-electron chi connectivity index (χ4n) is 3.95. The summed E-state index contributed by atoms with van der Waals surface area (Å²) in [5.41, 5.74) is -1.49. The third kappa shape index (κ3) is 5.37. The van der Waals surface area contributed by atoms with Crippen LogP contribution in [0.5, 0.6) is 0 Å². The fourth-order valence-corrected chi connectivity index (χ4v) is 3.95. The third-order valence-corrected chi connectivity index (χ3v) is 5.62. The van der Waals surface area contributed by atoms with Crippen molar-refractivity contribution in [3.63, 3.8) is 0 Å². The molecule has 2 aromatic rings. The maximum atomic E-state index is 13.4. The molecule has 6 nitrogen and oxygen atoms in total. The van der Waals surface area contributed by atoms with Gasteiger partial charge in [0.25, 0.3) is 0 Å². The number of β-amino-alcohol motifs (C(OH)–C–C–N with tert-alkyl or cyclic N) is 1. The van der Waals surface area contributed by atoms with Gasteiger partial charge >= 0.3 is 6.09 Å². The molecule has 3 rings (SSSR count). The summed E-state index contributed by atoms with van der Waals surface area (Å²) in [7, 11) is 0. The Morgan fingerprint density at radius 1 is 1.06 bits per heavy atom. The van der Waals surface area contributed by atoms with E-state index in [1.165, 1.54) is 0 Å². The SMILES string of the molecule is CC(C)(C)OC(=O)NC(C(=O)N1CC[C@@](O)(c2ccc3ccccc3c2)C1)C(C)(C)C. The van der Waals surface area contributed by atoms with Crippen LogP contribution in [0.2, 0.25) is 0 Å². The minimum absolute atomic E-state index is 0.187. The van der Waals surface area contributed by atoms with Crippen LogP contribution < -0.4 is 5.32 Å². The Hall–Kier alpha value is -2.60. The van der Waals surface area contributed by atoms with Gasteiger partial charge < -0.3 is 20.1 Å². The highest BCUT2D eigenvalue weighted by Crippen LogP contribution is 2.35. The zero-order valence-corrected chi connectivity index (χ0v) is 19.4. The number of amides is 2. The molecule has 1 heterocycles. The van der Waals surface area contributed by atoms with Crippen molar-refractivity contribution in [1.29, 1.82) is 0 Å². The number of nitrogens with one attached hydrogen (secondary N) is 1. The summed E-state index contributed by atoms with van der Waals surface area (Å²) >= 11 is 0. The van der Waals surface area contributed by atoms with Gasteiger partial charge in [-0.25, -0.2) is 4.79 Å². The van der Waals surface area contributed by atoms with Crippen LogP contribution in [-0.4, -0.2) is 46.7 Å². The van der Waals surface area contributed by atoms with E-state index in [0.29, 0.717) is 13.0 Å². The Bertz CT molecular complexity index is 973. The maximum absolute atomic E-state index is 13.4. The number of ether oxygens (including phenoxy) is 1. The van der Waals surface area contributed by atoms with Crippen LogP contribution in [0.1, 0.15) is 53.5 Å². The van der Waals surface area contributed by atoms with Crippen molar-refractivity contribution in [3.05, 3.63) is 48.0 Å². The zero-order chi connectivity index (χ0) is 23.0. The van der Waals surface area contributed by atoms with Gasteiger partial charge in [-0.05, 0) is 55.0 Å². The second kappa shape index (κ2) is 8.15. The number of fused-ring (bicyclic) bond motifs is 1. The number of carbonyl (C=O) groups is 2. The van der Waals surface area contributed by atoms with Gasteiger partial charge in [-0.15, -0.1) is 0 Å². The highest BCUT2D eigenvalue weighted by Gasteiger charge is 2.44. The topological polar surface area (TPSA) is 78.9 Å². The monoisotopic (exact) mass is 426 g/mol. The van der Waals surface area contributed by atoms with Crippen LogP contribution in [0.15, 0.2) is 42.5 Å². The van der Waals surface area contributed by atoms with Gasteiger partial charge in [0.15, 0.2) is 0 Å². The average molecular weight is 427 g/mol. The van der Waals surface area contributed by atoms with E-state index in [-0.39, 0.29) is 12.5 Å². The average Bonchev–Trinajstić information content (AvgIpc) is 3.06. The third-order valence-electron chi connectivity index (χ3n) is 5.62. The summed E-state index contributed by atoms with van der Waals surface area (Å²) in [5, 5.41) is 16.3. The second-order valence-corrected chi connectivity index (χ2v) is 10.5. The van der Waals surface area contributed by atoms with Crippen LogP contribution in [0, 0.1) is 5.41 Å². The number of benzene rings is 2. The lowest BCUT2D eigenvalue weighted by atomic mass is 9.85. The Balaban J connectivity index is 1.78. The molecule has 1 aliphatic heterocycles. The summed E-state index contributed by atoms with van der Waals surface area (Å²) < 4.78 is 5.36. The highest BCUT2D eigenvalue weighted by molar-refractivity contribution is 5.87. The quantitative estimate of drug-likeness (QED) is 0.771. The van der Waals surface area contributed by atoms with Crippen molar-refractivity contribution >= 4 is 22.8 Å². The number of aliphatic hydroxyl groups is 1. The first-order valence-electron chi connectivity index (χ1n) is 10.8. The smallest absolute Gasteiger partial charge is 0.408 e. The molecule has 2 aromatic carbocycles. The lowest BCUT2D eigenvalue weighted by molar-refractivity contribution is -0.136. The van der Waals surface area contributed by atoms with Crippen LogP contribution in [0.4, 0.5) is 4.79 Å². The minimum atomic E-state index is -1.12. The lowest BCUT2D eigenvalue weighted by Crippen LogP contribution is -2.55. The van der Waals surface area contributed by atoms with E-state index in [9.17, 15) is 14.7 Å². The molecule has 1 fully saturated rings. The first-order valence-corrected chi connectivity index (χ1v) is 10.8. The molecule has 0 bridgehead atoms. The Morgan fingerprint density at radius 2 is 1.71 bits per heavy atom.